The van der Waals surface area contributed by atoms with E-state index in [0.29, 0.717) is 32.2 Å². The van der Waals surface area contributed by atoms with Crippen LogP contribution >= 0.6 is 0 Å². The van der Waals surface area contributed by atoms with Crippen molar-refractivity contribution in [1.82, 2.24) is 21.3 Å². The average molecular weight is 587 g/mol. The van der Waals surface area contributed by atoms with Gasteiger partial charge in [0.15, 0.2) is 5.78 Å². The van der Waals surface area contributed by atoms with Crippen LogP contribution < -0.4 is 21.3 Å². The summed E-state index contributed by atoms with van der Waals surface area (Å²) in [4.78, 5) is 63.3. The quantitative estimate of drug-likeness (QED) is 0.231. The minimum atomic E-state index is -1.16. The van der Waals surface area contributed by atoms with E-state index in [2.05, 4.69) is 21.3 Å². The minimum absolute atomic E-state index is 0.0184. The van der Waals surface area contributed by atoms with Gasteiger partial charge in [0.25, 0.3) is 0 Å². The predicted octanol–water partition coefficient (Wildman–Crippen LogP) is 2.93. The Morgan fingerprint density at radius 3 is 2.33 bits per heavy atom. The van der Waals surface area contributed by atoms with Gasteiger partial charge >= 0.3 is 6.09 Å². The van der Waals surface area contributed by atoms with Gasteiger partial charge in [-0.05, 0) is 65.5 Å². The van der Waals surface area contributed by atoms with E-state index in [-0.39, 0.29) is 24.2 Å². The smallest absolute Gasteiger partial charge is 0.408 e. The fourth-order valence-corrected chi connectivity index (χ4v) is 4.63. The maximum atomic E-state index is 13.5. The molecule has 0 aromatic heterocycles. The van der Waals surface area contributed by atoms with E-state index in [0.717, 1.165) is 5.56 Å². The first-order chi connectivity index (χ1) is 19.8. The first-order valence-corrected chi connectivity index (χ1v) is 14.5. The monoisotopic (exact) mass is 586 g/mol. The number of carbonyl (C=O) groups is 5. The van der Waals surface area contributed by atoms with Crippen molar-refractivity contribution in [3.8, 4) is 0 Å². The molecule has 0 bridgehead atoms. The Hall–Kier alpha value is -3.73. The van der Waals surface area contributed by atoms with Gasteiger partial charge in [-0.2, -0.15) is 0 Å². The molecule has 11 nitrogen and oxygen atoms in total. The molecule has 4 amide bonds. The maximum Gasteiger partial charge on any atom is 0.408 e. The van der Waals surface area contributed by atoms with Gasteiger partial charge in [0, 0.05) is 18.5 Å². The van der Waals surface area contributed by atoms with Crippen LogP contribution in [0.5, 0.6) is 0 Å². The zero-order chi connectivity index (χ0) is 31.3. The number of rotatable bonds is 15. The summed E-state index contributed by atoms with van der Waals surface area (Å²) in [6.07, 6.45) is 3.24. The lowest BCUT2D eigenvalue weighted by atomic mass is 9.97. The number of hydrogen-bond donors (Lipinski definition) is 4. The molecule has 0 saturated carbocycles. The fraction of sp³-hybridized carbons (Fsp3) is 0.581. The number of carbonyl (C=O) groups excluding carboxylic acids is 5. The summed E-state index contributed by atoms with van der Waals surface area (Å²) >= 11 is 0. The molecular formula is C31H46N4O7. The summed E-state index contributed by atoms with van der Waals surface area (Å²) < 4.78 is 11.3. The fourth-order valence-electron chi connectivity index (χ4n) is 4.63. The van der Waals surface area contributed by atoms with Crippen LogP contribution in [0.4, 0.5) is 4.79 Å². The Morgan fingerprint density at radius 2 is 1.76 bits per heavy atom. The van der Waals surface area contributed by atoms with Crippen molar-refractivity contribution >= 4 is 29.6 Å². The summed E-state index contributed by atoms with van der Waals surface area (Å²) in [5.74, 6) is -1.65. The van der Waals surface area contributed by atoms with E-state index in [1.54, 1.807) is 13.0 Å². The number of amides is 4. The number of ether oxygens (including phenoxy) is 2. The summed E-state index contributed by atoms with van der Waals surface area (Å²) in [6, 6.07) is 6.46. The lowest BCUT2D eigenvalue weighted by Crippen LogP contribution is -2.58. The van der Waals surface area contributed by atoms with Crippen molar-refractivity contribution in [3.63, 3.8) is 0 Å². The molecule has 1 aliphatic heterocycles. The molecule has 1 saturated heterocycles. The molecule has 1 aromatic carbocycles. The van der Waals surface area contributed by atoms with Crippen LogP contribution in [-0.2, 0) is 35.3 Å². The molecule has 0 spiro atoms. The number of nitrogens with one attached hydrogen (secondary N) is 4. The summed E-state index contributed by atoms with van der Waals surface area (Å²) in [5, 5.41) is 11.0. The highest BCUT2D eigenvalue weighted by molar-refractivity contribution is 5.92. The van der Waals surface area contributed by atoms with Crippen LogP contribution in [-0.4, -0.2) is 66.0 Å². The van der Waals surface area contributed by atoms with Gasteiger partial charge in [-0.15, -0.1) is 0 Å². The molecule has 2 rings (SSSR count). The zero-order valence-electron chi connectivity index (χ0n) is 25.5. The molecule has 0 aliphatic carbocycles. The first kappa shape index (κ1) is 34.5. The molecule has 1 unspecified atom stereocenters. The third kappa shape index (κ3) is 12.4. The second-order valence-corrected chi connectivity index (χ2v) is 11.6. The Balaban J connectivity index is 2.16. The van der Waals surface area contributed by atoms with Crippen LogP contribution in [0.25, 0.3) is 0 Å². The molecule has 1 heterocycles. The average Bonchev–Trinajstić information content (AvgIpc) is 3.32. The van der Waals surface area contributed by atoms with Crippen molar-refractivity contribution in [2.75, 3.05) is 6.54 Å². The van der Waals surface area contributed by atoms with E-state index in [1.165, 1.54) is 13.0 Å². The van der Waals surface area contributed by atoms with Crippen LogP contribution in [0.2, 0.25) is 0 Å². The standard InChI is InChI=1S/C31H46N4O7/c1-7-11-25(28(38)33-24(15-14-20(2)36)18-23-16-17-32-27(23)37)34-29(39)26(21(3)42-31(4,5)6)35-30(40)41-19-22-12-9-8-10-13-22/h8-10,12-15,21,23-26H,7,11,16-19H2,1-6H3,(H,32,37)(H,33,38)(H,34,39)(H,35,40)/b15-14+/t21?,23-,24+,25-,26-/m0/s1. The predicted molar refractivity (Wildman–Crippen MR) is 158 cm³/mol. The van der Waals surface area contributed by atoms with E-state index in [4.69, 9.17) is 9.47 Å². The Morgan fingerprint density at radius 1 is 1.07 bits per heavy atom. The molecular weight excluding hydrogens is 540 g/mol. The number of ketones is 1. The van der Waals surface area contributed by atoms with Crippen LogP contribution in [0, 0.1) is 5.92 Å². The largest absolute Gasteiger partial charge is 0.445 e. The highest BCUT2D eigenvalue weighted by Crippen LogP contribution is 2.18. The van der Waals surface area contributed by atoms with Crippen molar-refractivity contribution in [2.45, 2.75) is 104 Å². The molecule has 1 fully saturated rings. The highest BCUT2D eigenvalue weighted by Gasteiger charge is 2.34. The lowest BCUT2D eigenvalue weighted by Gasteiger charge is -2.31. The molecule has 1 aliphatic rings. The Bertz CT molecular complexity index is 1100. The van der Waals surface area contributed by atoms with E-state index in [9.17, 15) is 24.0 Å². The molecule has 1 aromatic rings. The SMILES string of the molecule is CCC[C@H](NC(=O)[C@@H](NC(=O)OCc1ccccc1)C(C)OC(C)(C)C)C(=O)N[C@H](/C=C/C(C)=O)C[C@@H]1CCNC1=O. The third-order valence-electron chi connectivity index (χ3n) is 6.58. The number of alkyl carbamates (subject to hydrolysis) is 1. The normalized spacial score (nSPS) is 18.0. The van der Waals surface area contributed by atoms with E-state index >= 15 is 0 Å². The highest BCUT2D eigenvalue weighted by atomic mass is 16.6. The van der Waals surface area contributed by atoms with Gasteiger partial charge in [0.2, 0.25) is 17.7 Å². The molecule has 0 radical (unpaired) electrons. The first-order valence-electron chi connectivity index (χ1n) is 14.5. The minimum Gasteiger partial charge on any atom is -0.445 e. The van der Waals surface area contributed by atoms with Crippen molar-refractivity contribution in [3.05, 3.63) is 48.0 Å². The zero-order valence-corrected chi connectivity index (χ0v) is 25.5. The number of benzene rings is 1. The lowest BCUT2D eigenvalue weighted by molar-refractivity contribution is -0.135. The van der Waals surface area contributed by atoms with Crippen molar-refractivity contribution < 1.29 is 33.4 Å². The number of hydrogen-bond acceptors (Lipinski definition) is 7. The van der Waals surface area contributed by atoms with Crippen LogP contribution in [0.1, 0.15) is 72.8 Å². The summed E-state index contributed by atoms with van der Waals surface area (Å²) in [5.41, 5.74) is 0.173. The second-order valence-electron chi connectivity index (χ2n) is 11.6. The third-order valence-corrected chi connectivity index (χ3v) is 6.58. The van der Waals surface area contributed by atoms with Crippen molar-refractivity contribution in [2.24, 2.45) is 5.92 Å². The van der Waals surface area contributed by atoms with Gasteiger partial charge in [0.05, 0.1) is 11.7 Å². The van der Waals surface area contributed by atoms with Gasteiger partial charge < -0.3 is 30.7 Å². The van der Waals surface area contributed by atoms with Gasteiger partial charge in [-0.1, -0.05) is 49.8 Å². The van der Waals surface area contributed by atoms with Crippen molar-refractivity contribution in [1.29, 1.82) is 0 Å². The maximum absolute atomic E-state index is 13.5. The molecule has 42 heavy (non-hydrogen) atoms. The van der Waals surface area contributed by atoms with E-state index in [1.807, 2.05) is 58.0 Å². The molecule has 232 valence electrons. The molecule has 4 N–H and O–H groups in total. The van der Waals surface area contributed by atoms with Crippen LogP contribution in [0.15, 0.2) is 42.5 Å². The van der Waals surface area contributed by atoms with Crippen LogP contribution in [0.3, 0.4) is 0 Å². The number of allylic oxidation sites excluding steroid dienone is 1. The second kappa shape index (κ2) is 16.6. The topological polar surface area (TPSA) is 152 Å². The molecule has 5 atom stereocenters. The Labute approximate surface area is 248 Å². The Kier molecular flexibility index (Phi) is 13.7. The van der Waals surface area contributed by atoms with Gasteiger partial charge in [-0.3, -0.25) is 19.2 Å². The summed E-state index contributed by atoms with van der Waals surface area (Å²) in [7, 11) is 0. The van der Waals surface area contributed by atoms with Gasteiger partial charge in [0.1, 0.15) is 18.7 Å². The van der Waals surface area contributed by atoms with E-state index < -0.39 is 47.7 Å². The molecule has 11 heteroatoms. The summed E-state index contributed by atoms with van der Waals surface area (Å²) in [6.45, 7) is 11.0. The van der Waals surface area contributed by atoms with Gasteiger partial charge in [-0.25, -0.2) is 4.79 Å².